The van der Waals surface area contributed by atoms with E-state index in [1.54, 1.807) is 18.4 Å². The number of carbonyl (C=O) groups excluding carboxylic acids is 1. The molecule has 1 amide bonds. The van der Waals surface area contributed by atoms with Crippen LogP contribution < -0.4 is 14.5 Å². The molecule has 2 fully saturated rings. The van der Waals surface area contributed by atoms with Crippen LogP contribution in [0.5, 0.6) is 5.75 Å². The van der Waals surface area contributed by atoms with Crippen molar-refractivity contribution in [3.05, 3.63) is 35.3 Å². The number of carbonyl (C=O) groups is 1. The molecule has 0 atom stereocenters. The number of piperidine rings is 1. The molecule has 2 aliphatic rings. The zero-order valence-electron chi connectivity index (χ0n) is 16.6. The second kappa shape index (κ2) is 8.39. The molecule has 6 nitrogen and oxygen atoms in total. The van der Waals surface area contributed by atoms with Gasteiger partial charge in [0.15, 0.2) is 5.13 Å². The van der Waals surface area contributed by atoms with Gasteiger partial charge in [-0.1, -0.05) is 6.92 Å². The number of piperazine rings is 1. The van der Waals surface area contributed by atoms with Crippen molar-refractivity contribution >= 4 is 28.1 Å². The molecule has 7 heteroatoms. The first-order valence-electron chi connectivity index (χ1n) is 10.0. The van der Waals surface area contributed by atoms with Crippen LogP contribution in [-0.2, 0) is 0 Å². The van der Waals surface area contributed by atoms with Gasteiger partial charge in [-0.2, -0.15) is 0 Å². The fourth-order valence-electron chi connectivity index (χ4n) is 3.83. The number of thiazole rings is 1. The Morgan fingerprint density at radius 3 is 2.32 bits per heavy atom. The lowest BCUT2D eigenvalue weighted by Crippen LogP contribution is -2.46. The van der Waals surface area contributed by atoms with Crippen LogP contribution in [0.15, 0.2) is 29.6 Å². The van der Waals surface area contributed by atoms with Gasteiger partial charge in [0.05, 0.1) is 7.11 Å². The van der Waals surface area contributed by atoms with E-state index in [-0.39, 0.29) is 5.91 Å². The topological polar surface area (TPSA) is 48.9 Å². The van der Waals surface area contributed by atoms with Crippen molar-refractivity contribution in [3.63, 3.8) is 0 Å². The summed E-state index contributed by atoms with van der Waals surface area (Å²) in [7, 11) is 1.69. The van der Waals surface area contributed by atoms with Crippen molar-refractivity contribution in [2.45, 2.75) is 19.8 Å². The summed E-state index contributed by atoms with van der Waals surface area (Å²) in [5, 5.41) is 2.88. The number of rotatable bonds is 4. The molecule has 1 aromatic heterocycles. The third kappa shape index (κ3) is 4.09. The minimum absolute atomic E-state index is 0.0891. The molecule has 28 heavy (non-hydrogen) atoms. The van der Waals surface area contributed by atoms with Gasteiger partial charge < -0.3 is 19.4 Å². The first-order chi connectivity index (χ1) is 13.6. The summed E-state index contributed by atoms with van der Waals surface area (Å²) < 4.78 is 5.24. The molecular weight excluding hydrogens is 372 g/mol. The van der Waals surface area contributed by atoms with Crippen LogP contribution in [0.2, 0.25) is 0 Å². The lowest BCUT2D eigenvalue weighted by Gasteiger charge is -2.36. The quantitative estimate of drug-likeness (QED) is 0.788. The fraction of sp³-hybridized carbons (Fsp3) is 0.524. The van der Waals surface area contributed by atoms with Crippen molar-refractivity contribution < 1.29 is 9.53 Å². The van der Waals surface area contributed by atoms with Crippen molar-refractivity contribution in [2.24, 2.45) is 5.92 Å². The van der Waals surface area contributed by atoms with Gasteiger partial charge in [-0.25, -0.2) is 4.98 Å². The molecule has 0 radical (unpaired) electrons. The van der Waals surface area contributed by atoms with Gasteiger partial charge >= 0.3 is 0 Å². The number of amides is 1. The first kappa shape index (κ1) is 19.1. The van der Waals surface area contributed by atoms with E-state index >= 15 is 0 Å². The smallest absolute Gasteiger partial charge is 0.273 e. The maximum atomic E-state index is 12.7. The summed E-state index contributed by atoms with van der Waals surface area (Å²) in [6.07, 6.45) is 2.19. The third-order valence-electron chi connectivity index (χ3n) is 5.77. The number of hydrogen-bond donors (Lipinski definition) is 0. The number of likely N-dealkylation sites (tertiary alicyclic amines) is 1. The molecule has 3 heterocycles. The summed E-state index contributed by atoms with van der Waals surface area (Å²) >= 11 is 1.58. The van der Waals surface area contributed by atoms with Crippen molar-refractivity contribution in [3.8, 4) is 5.75 Å². The monoisotopic (exact) mass is 400 g/mol. The molecule has 0 N–H and O–H groups in total. The van der Waals surface area contributed by atoms with E-state index in [0.29, 0.717) is 5.69 Å². The lowest BCUT2D eigenvalue weighted by atomic mass is 9.99. The Balaban J connectivity index is 1.34. The van der Waals surface area contributed by atoms with E-state index in [1.807, 2.05) is 22.4 Å². The molecule has 0 aliphatic carbocycles. The van der Waals surface area contributed by atoms with Crippen LogP contribution in [0.3, 0.4) is 0 Å². The van der Waals surface area contributed by atoms with E-state index in [1.165, 1.54) is 5.69 Å². The number of benzene rings is 1. The Kier molecular flexibility index (Phi) is 5.71. The number of aromatic nitrogens is 1. The van der Waals surface area contributed by atoms with Crippen LogP contribution in [0.1, 0.15) is 30.3 Å². The van der Waals surface area contributed by atoms with E-state index in [9.17, 15) is 4.79 Å². The first-order valence-corrected chi connectivity index (χ1v) is 10.9. The predicted molar refractivity (Wildman–Crippen MR) is 114 cm³/mol. The van der Waals surface area contributed by atoms with E-state index in [0.717, 1.165) is 68.9 Å². The van der Waals surface area contributed by atoms with Crippen LogP contribution >= 0.6 is 11.3 Å². The van der Waals surface area contributed by atoms with Crippen molar-refractivity contribution in [1.29, 1.82) is 0 Å². The molecule has 150 valence electrons. The number of methoxy groups -OCH3 is 1. The minimum Gasteiger partial charge on any atom is -0.497 e. The van der Waals surface area contributed by atoms with Gasteiger partial charge in [0.2, 0.25) is 0 Å². The molecule has 2 aromatic rings. The predicted octanol–water partition coefficient (Wildman–Crippen LogP) is 3.35. The van der Waals surface area contributed by atoms with E-state index in [4.69, 9.17) is 4.74 Å². The van der Waals surface area contributed by atoms with Gasteiger partial charge in [-0.15, -0.1) is 11.3 Å². The zero-order chi connectivity index (χ0) is 19.5. The summed E-state index contributed by atoms with van der Waals surface area (Å²) in [5.74, 6) is 1.69. The maximum absolute atomic E-state index is 12.7. The Hall–Kier alpha value is -2.28. The van der Waals surface area contributed by atoms with Crippen molar-refractivity contribution in [2.75, 3.05) is 56.2 Å². The summed E-state index contributed by atoms with van der Waals surface area (Å²) in [5.41, 5.74) is 1.82. The highest BCUT2D eigenvalue weighted by molar-refractivity contribution is 7.13. The number of anilines is 2. The second-order valence-electron chi connectivity index (χ2n) is 7.66. The van der Waals surface area contributed by atoms with Crippen LogP contribution in [0, 0.1) is 5.92 Å². The lowest BCUT2D eigenvalue weighted by molar-refractivity contribution is 0.0692. The number of hydrogen-bond acceptors (Lipinski definition) is 6. The molecule has 2 saturated heterocycles. The normalized spacial score (nSPS) is 18.4. The van der Waals surface area contributed by atoms with Gasteiger partial charge in [0.25, 0.3) is 5.91 Å². The van der Waals surface area contributed by atoms with Crippen LogP contribution in [-0.4, -0.2) is 62.2 Å². The second-order valence-corrected chi connectivity index (χ2v) is 8.50. The molecule has 2 aliphatic heterocycles. The molecule has 0 unspecified atom stereocenters. The SMILES string of the molecule is COc1ccc(N2CCN(c3nc(C(=O)N4CCC(C)CC4)cs3)CC2)cc1. The van der Waals surface area contributed by atoms with Gasteiger partial charge in [0, 0.05) is 50.3 Å². The Morgan fingerprint density at radius 1 is 1.04 bits per heavy atom. The largest absolute Gasteiger partial charge is 0.497 e. The van der Waals surface area contributed by atoms with Crippen LogP contribution in [0.4, 0.5) is 10.8 Å². The van der Waals surface area contributed by atoms with Gasteiger partial charge in [-0.3, -0.25) is 4.79 Å². The standard InChI is InChI=1S/C21H28N4O2S/c1-16-7-9-24(10-8-16)20(26)19-15-28-21(22-19)25-13-11-23(12-14-25)17-3-5-18(27-2)6-4-17/h3-6,15-16H,7-14H2,1-2H3. The minimum atomic E-state index is 0.0891. The molecule has 1 aromatic carbocycles. The van der Waals surface area contributed by atoms with E-state index in [2.05, 4.69) is 33.8 Å². The highest BCUT2D eigenvalue weighted by Crippen LogP contribution is 2.26. The Bertz CT molecular complexity index is 791. The maximum Gasteiger partial charge on any atom is 0.273 e. The van der Waals surface area contributed by atoms with E-state index < -0.39 is 0 Å². The molecule has 0 bridgehead atoms. The zero-order valence-corrected chi connectivity index (χ0v) is 17.5. The Morgan fingerprint density at radius 2 is 1.68 bits per heavy atom. The highest BCUT2D eigenvalue weighted by Gasteiger charge is 2.25. The molecule has 4 rings (SSSR count). The van der Waals surface area contributed by atoms with Gasteiger partial charge in [0.1, 0.15) is 11.4 Å². The molecule has 0 saturated carbocycles. The van der Waals surface area contributed by atoms with Gasteiger partial charge in [-0.05, 0) is 43.0 Å². The number of nitrogens with zero attached hydrogens (tertiary/aromatic N) is 4. The Labute approximate surface area is 170 Å². The highest BCUT2D eigenvalue weighted by atomic mass is 32.1. The molecular formula is C21H28N4O2S. The summed E-state index contributed by atoms with van der Waals surface area (Å²) in [6.45, 7) is 7.68. The van der Waals surface area contributed by atoms with Crippen molar-refractivity contribution in [1.82, 2.24) is 9.88 Å². The molecule has 0 spiro atoms. The summed E-state index contributed by atoms with van der Waals surface area (Å²) in [4.78, 5) is 24.0. The van der Waals surface area contributed by atoms with Crippen LogP contribution in [0.25, 0.3) is 0 Å². The fourth-order valence-corrected chi connectivity index (χ4v) is 4.68. The average Bonchev–Trinajstić information content (AvgIpc) is 3.24. The third-order valence-corrected chi connectivity index (χ3v) is 6.67. The summed E-state index contributed by atoms with van der Waals surface area (Å²) in [6, 6.07) is 8.21. The average molecular weight is 401 g/mol. The number of ether oxygens (including phenoxy) is 1.